The summed E-state index contributed by atoms with van der Waals surface area (Å²) in [6, 6.07) is 31.6. The summed E-state index contributed by atoms with van der Waals surface area (Å²) in [5.74, 6) is 0.283. The zero-order valence-corrected chi connectivity index (χ0v) is 28.4. The Bertz CT molecular complexity index is 2500. The van der Waals surface area contributed by atoms with Crippen LogP contribution in [0.25, 0.3) is 22.7 Å². The molecule has 248 valence electrons. The van der Waals surface area contributed by atoms with Gasteiger partial charge >= 0.3 is 5.97 Å². The van der Waals surface area contributed by atoms with Crippen LogP contribution in [-0.4, -0.2) is 35.9 Å². The Balaban J connectivity index is 1.47. The van der Waals surface area contributed by atoms with E-state index in [1.165, 1.54) is 18.4 Å². The molecular weight excluding hydrogens is 649 g/mol. The fraction of sp³-hybridized carbons (Fsp3) is 0.150. The van der Waals surface area contributed by atoms with Gasteiger partial charge in [0, 0.05) is 40.3 Å². The molecule has 0 spiro atoms. The molecule has 0 saturated carbocycles. The van der Waals surface area contributed by atoms with Gasteiger partial charge in [0.05, 0.1) is 48.3 Å². The number of hydrogen-bond acceptors (Lipinski definition) is 8. The van der Waals surface area contributed by atoms with Crippen LogP contribution in [0.5, 0.6) is 11.5 Å². The number of carbonyl (C=O) groups excluding carboxylic acids is 1. The molecule has 6 aromatic rings. The fourth-order valence-electron chi connectivity index (χ4n) is 6.41. The number of thiazole rings is 1. The van der Waals surface area contributed by atoms with Crippen molar-refractivity contribution in [3.63, 3.8) is 0 Å². The lowest BCUT2D eigenvalue weighted by Gasteiger charge is -2.27. The highest BCUT2D eigenvalue weighted by molar-refractivity contribution is 7.07. The second kappa shape index (κ2) is 13.7. The molecule has 50 heavy (non-hydrogen) atoms. The number of ether oxygens (including phenoxy) is 3. The van der Waals surface area contributed by atoms with Gasteiger partial charge in [-0.1, -0.05) is 84.1 Å². The van der Waals surface area contributed by atoms with E-state index in [0.29, 0.717) is 49.8 Å². The van der Waals surface area contributed by atoms with Gasteiger partial charge in [-0.25, -0.2) is 9.79 Å². The summed E-state index contributed by atoms with van der Waals surface area (Å²) >= 11 is 1.26. The average molecular weight is 681 g/mol. The molecule has 0 bridgehead atoms. The van der Waals surface area contributed by atoms with Crippen molar-refractivity contribution in [2.75, 3.05) is 20.8 Å². The highest BCUT2D eigenvalue weighted by Crippen LogP contribution is 2.42. The van der Waals surface area contributed by atoms with Gasteiger partial charge in [-0.15, -0.1) is 0 Å². The quantitative estimate of drug-likeness (QED) is 0.178. The Kier molecular flexibility index (Phi) is 8.90. The van der Waals surface area contributed by atoms with Crippen LogP contribution in [0.3, 0.4) is 0 Å². The molecule has 0 amide bonds. The third-order valence-corrected chi connectivity index (χ3v) is 9.63. The van der Waals surface area contributed by atoms with E-state index in [2.05, 4.69) is 10.6 Å². The summed E-state index contributed by atoms with van der Waals surface area (Å²) < 4.78 is 21.2. The monoisotopic (exact) mass is 680 g/mol. The molecular formula is C40H32N4O5S. The molecule has 0 radical (unpaired) electrons. The highest BCUT2D eigenvalue weighted by Gasteiger charge is 2.37. The molecule has 0 aliphatic carbocycles. The predicted molar refractivity (Wildman–Crippen MR) is 193 cm³/mol. The number of fused-ring (bicyclic) bond motifs is 2. The number of methoxy groups -OCH3 is 2. The van der Waals surface area contributed by atoms with Crippen molar-refractivity contribution in [1.29, 1.82) is 5.26 Å². The van der Waals surface area contributed by atoms with E-state index in [1.807, 2.05) is 97.2 Å². The van der Waals surface area contributed by atoms with Crippen LogP contribution in [0.2, 0.25) is 0 Å². The lowest BCUT2D eigenvalue weighted by atomic mass is 9.92. The third-order valence-electron chi connectivity index (χ3n) is 8.64. The summed E-state index contributed by atoms with van der Waals surface area (Å²) in [6.07, 6.45) is 3.92. The second-order valence-electron chi connectivity index (χ2n) is 11.6. The van der Waals surface area contributed by atoms with Gasteiger partial charge in [-0.05, 0) is 42.8 Å². The molecule has 7 rings (SSSR count). The Morgan fingerprint density at radius 1 is 0.960 bits per heavy atom. The molecule has 1 aliphatic heterocycles. The molecule has 4 aromatic carbocycles. The van der Waals surface area contributed by atoms with E-state index < -0.39 is 12.0 Å². The first-order valence-corrected chi connectivity index (χ1v) is 16.8. The average Bonchev–Trinajstić information content (AvgIpc) is 3.66. The van der Waals surface area contributed by atoms with Crippen molar-refractivity contribution in [2.24, 2.45) is 4.99 Å². The van der Waals surface area contributed by atoms with Crippen LogP contribution >= 0.6 is 11.3 Å². The summed E-state index contributed by atoms with van der Waals surface area (Å²) in [5.41, 5.74) is 5.14. The molecule has 0 fully saturated rings. The van der Waals surface area contributed by atoms with Crippen LogP contribution < -0.4 is 24.4 Å². The highest BCUT2D eigenvalue weighted by atomic mass is 32.1. The van der Waals surface area contributed by atoms with Crippen LogP contribution in [0, 0.1) is 11.3 Å². The van der Waals surface area contributed by atoms with Gasteiger partial charge in [0.15, 0.2) is 16.3 Å². The molecule has 10 heteroatoms. The van der Waals surface area contributed by atoms with Crippen molar-refractivity contribution in [1.82, 2.24) is 9.13 Å². The topological polar surface area (TPSA) is 108 Å². The van der Waals surface area contributed by atoms with Gasteiger partial charge in [0.1, 0.15) is 6.04 Å². The Morgan fingerprint density at radius 3 is 2.44 bits per heavy atom. The van der Waals surface area contributed by atoms with E-state index in [4.69, 9.17) is 19.2 Å². The zero-order valence-electron chi connectivity index (χ0n) is 27.6. The summed E-state index contributed by atoms with van der Waals surface area (Å²) in [7, 11) is 3.08. The van der Waals surface area contributed by atoms with Gasteiger partial charge in [-0.3, -0.25) is 9.36 Å². The van der Waals surface area contributed by atoms with E-state index in [0.717, 1.165) is 22.0 Å². The largest absolute Gasteiger partial charge is 0.493 e. The second-order valence-corrected chi connectivity index (χ2v) is 12.6. The summed E-state index contributed by atoms with van der Waals surface area (Å²) in [6.45, 7) is 2.47. The first kappa shape index (κ1) is 32.4. The van der Waals surface area contributed by atoms with Gasteiger partial charge < -0.3 is 18.8 Å². The van der Waals surface area contributed by atoms with Crippen molar-refractivity contribution < 1.29 is 19.0 Å². The number of esters is 1. The van der Waals surface area contributed by atoms with Crippen molar-refractivity contribution in [3.8, 4) is 17.6 Å². The molecule has 0 saturated heterocycles. The first-order chi connectivity index (χ1) is 24.4. The molecule has 1 atom stereocenters. The number of rotatable bonds is 9. The number of hydrogen-bond donors (Lipinski definition) is 0. The smallest absolute Gasteiger partial charge is 0.338 e. The normalized spacial score (nSPS) is 14.2. The maximum absolute atomic E-state index is 14.6. The Labute approximate surface area is 291 Å². The standard InChI is InChI=1S/C40H32N4O5S/c1-4-49-39(46)34-35(27-11-6-5-7-12-27)42-40-44(36(34)30-14-10-16-32(47-2)37(30)48-3)38(45)33(50-40)21-28-24-43(31-15-9-8-13-29(28)31)23-26-19-17-25(22-41)18-20-26/h5-21,24,36H,4,23H2,1-3H3/b33-21-/t36-/m1/s1. The number of nitrogens with zero attached hydrogens (tertiary/aromatic N) is 4. The maximum Gasteiger partial charge on any atom is 0.338 e. The van der Waals surface area contributed by atoms with Crippen LogP contribution in [0.15, 0.2) is 119 Å². The number of carbonyl (C=O) groups is 1. The maximum atomic E-state index is 14.6. The van der Waals surface area contributed by atoms with E-state index in [1.54, 1.807) is 30.7 Å². The summed E-state index contributed by atoms with van der Waals surface area (Å²) in [5, 5.41) is 10.2. The lowest BCUT2D eigenvalue weighted by molar-refractivity contribution is -0.138. The summed E-state index contributed by atoms with van der Waals surface area (Å²) in [4.78, 5) is 34.0. The van der Waals surface area contributed by atoms with Crippen LogP contribution in [0.4, 0.5) is 0 Å². The van der Waals surface area contributed by atoms with E-state index in [9.17, 15) is 14.9 Å². The van der Waals surface area contributed by atoms with Crippen molar-refractivity contribution >= 4 is 40.0 Å². The SMILES string of the molecule is CCOC(=O)C1=C(c2ccccc2)N=c2s/c(=C\c3cn(Cc4ccc(C#N)cc4)c4ccccc34)c(=O)n2[C@@H]1c1cccc(OC)c1OC. The van der Waals surface area contributed by atoms with Crippen LogP contribution in [0.1, 0.15) is 40.8 Å². The molecule has 0 N–H and O–H groups in total. The number of aromatic nitrogens is 2. The van der Waals surface area contributed by atoms with Gasteiger partial charge in [0.2, 0.25) is 0 Å². The first-order valence-electron chi connectivity index (χ1n) is 16.0. The van der Waals surface area contributed by atoms with Gasteiger partial charge in [0.25, 0.3) is 5.56 Å². The Morgan fingerprint density at radius 2 is 1.72 bits per heavy atom. The van der Waals surface area contributed by atoms with E-state index in [-0.39, 0.29) is 17.7 Å². The minimum absolute atomic E-state index is 0.142. The molecule has 9 nitrogen and oxygen atoms in total. The van der Waals surface area contributed by atoms with Gasteiger partial charge in [-0.2, -0.15) is 5.26 Å². The molecule has 3 heterocycles. The fourth-order valence-corrected chi connectivity index (χ4v) is 7.40. The number of para-hydroxylation sites is 2. The van der Waals surface area contributed by atoms with Crippen molar-refractivity contribution in [3.05, 3.63) is 156 Å². The number of benzene rings is 4. The minimum Gasteiger partial charge on any atom is -0.493 e. The predicted octanol–water partition coefficient (Wildman–Crippen LogP) is 5.83. The molecule has 2 aromatic heterocycles. The van der Waals surface area contributed by atoms with Crippen molar-refractivity contribution in [2.45, 2.75) is 19.5 Å². The van der Waals surface area contributed by atoms with Crippen LogP contribution in [-0.2, 0) is 16.1 Å². The minimum atomic E-state index is -0.926. The number of nitriles is 1. The van der Waals surface area contributed by atoms with E-state index >= 15 is 0 Å². The zero-order chi connectivity index (χ0) is 34.8. The Hall–Kier alpha value is -6.18. The molecule has 1 aliphatic rings. The third kappa shape index (κ3) is 5.78. The lowest BCUT2D eigenvalue weighted by Crippen LogP contribution is -2.40. The molecule has 0 unspecified atom stereocenters.